The van der Waals surface area contributed by atoms with Gasteiger partial charge in [0.1, 0.15) is 5.52 Å². The molecule has 28 heavy (non-hydrogen) atoms. The molecule has 0 saturated heterocycles. The second kappa shape index (κ2) is 6.38. The highest BCUT2D eigenvalue weighted by molar-refractivity contribution is 5.79. The van der Waals surface area contributed by atoms with E-state index >= 15 is 0 Å². The quantitative estimate of drug-likeness (QED) is 0.538. The summed E-state index contributed by atoms with van der Waals surface area (Å²) in [6.45, 7) is 3.69. The maximum atomic E-state index is 12.8. The summed E-state index contributed by atoms with van der Waals surface area (Å²) in [6.07, 6.45) is 6.54. The first-order chi connectivity index (χ1) is 13.6. The van der Waals surface area contributed by atoms with E-state index in [1.165, 1.54) is 5.57 Å². The number of aryl methyl sites for hydroxylation is 1. The SMILES string of the molecule is Cc1nc2ccc(-c3cc(=O)n4cc(C5=CCN(C)CC5)ncc4n3)cc2o1. The summed E-state index contributed by atoms with van der Waals surface area (Å²) >= 11 is 0. The van der Waals surface area contributed by atoms with Crippen molar-refractivity contribution in [1.82, 2.24) is 24.3 Å². The van der Waals surface area contributed by atoms with Crippen LogP contribution in [-0.2, 0) is 0 Å². The van der Waals surface area contributed by atoms with Gasteiger partial charge in [-0.25, -0.2) is 9.97 Å². The molecule has 5 rings (SSSR count). The lowest BCUT2D eigenvalue weighted by atomic mass is 10.1. The average Bonchev–Trinajstić information content (AvgIpc) is 3.07. The first kappa shape index (κ1) is 16.8. The minimum atomic E-state index is -0.133. The molecule has 1 aliphatic heterocycles. The molecule has 1 aliphatic rings. The van der Waals surface area contributed by atoms with Gasteiger partial charge >= 0.3 is 0 Å². The number of nitrogens with zero attached hydrogens (tertiary/aromatic N) is 5. The van der Waals surface area contributed by atoms with Crippen LogP contribution in [0.2, 0.25) is 0 Å². The van der Waals surface area contributed by atoms with Crippen molar-refractivity contribution in [2.75, 3.05) is 20.1 Å². The first-order valence-corrected chi connectivity index (χ1v) is 9.22. The van der Waals surface area contributed by atoms with E-state index < -0.39 is 0 Å². The Bertz CT molecular complexity index is 1300. The molecule has 0 unspecified atom stereocenters. The summed E-state index contributed by atoms with van der Waals surface area (Å²) in [5, 5.41) is 0. The van der Waals surface area contributed by atoms with Gasteiger partial charge in [0.05, 0.1) is 17.6 Å². The maximum Gasteiger partial charge on any atom is 0.258 e. The number of aromatic nitrogens is 4. The number of fused-ring (bicyclic) bond motifs is 2. The van der Waals surface area contributed by atoms with E-state index in [4.69, 9.17) is 4.42 Å². The summed E-state index contributed by atoms with van der Waals surface area (Å²) in [6, 6.07) is 7.18. The summed E-state index contributed by atoms with van der Waals surface area (Å²) in [5.41, 5.74) is 5.26. The average molecular weight is 373 g/mol. The predicted molar refractivity (Wildman–Crippen MR) is 107 cm³/mol. The van der Waals surface area contributed by atoms with Gasteiger partial charge in [0.2, 0.25) is 0 Å². The summed E-state index contributed by atoms with van der Waals surface area (Å²) in [5.74, 6) is 0.610. The fourth-order valence-corrected chi connectivity index (χ4v) is 3.53. The molecule has 3 aromatic heterocycles. The lowest BCUT2D eigenvalue weighted by Crippen LogP contribution is -2.24. The minimum Gasteiger partial charge on any atom is -0.441 e. The van der Waals surface area contributed by atoms with Crippen molar-refractivity contribution < 1.29 is 4.42 Å². The Labute approximate surface area is 161 Å². The first-order valence-electron chi connectivity index (χ1n) is 9.22. The standard InChI is InChI=1S/C21H19N5O2/c1-13-23-16-4-3-15(9-19(16)28-13)17-10-21(27)26-12-18(22-11-20(26)24-17)14-5-7-25(2)8-6-14/h3-5,9-12H,6-8H2,1-2H3. The number of hydrogen-bond acceptors (Lipinski definition) is 6. The summed E-state index contributed by atoms with van der Waals surface area (Å²) in [4.78, 5) is 28.5. The van der Waals surface area contributed by atoms with Crippen molar-refractivity contribution in [2.24, 2.45) is 0 Å². The van der Waals surface area contributed by atoms with E-state index in [0.717, 1.165) is 36.3 Å². The van der Waals surface area contributed by atoms with Gasteiger partial charge in [-0.2, -0.15) is 0 Å². The number of rotatable bonds is 2. The van der Waals surface area contributed by atoms with Crippen molar-refractivity contribution in [3.05, 3.63) is 64.7 Å². The molecule has 7 nitrogen and oxygen atoms in total. The summed E-state index contributed by atoms with van der Waals surface area (Å²) in [7, 11) is 2.09. The smallest absolute Gasteiger partial charge is 0.258 e. The van der Waals surface area contributed by atoms with E-state index in [2.05, 4.69) is 33.0 Å². The van der Waals surface area contributed by atoms with E-state index in [9.17, 15) is 4.79 Å². The third-order valence-corrected chi connectivity index (χ3v) is 5.08. The van der Waals surface area contributed by atoms with Crippen LogP contribution >= 0.6 is 0 Å². The molecular weight excluding hydrogens is 354 g/mol. The largest absolute Gasteiger partial charge is 0.441 e. The fourth-order valence-electron chi connectivity index (χ4n) is 3.53. The lowest BCUT2D eigenvalue weighted by molar-refractivity contribution is 0.369. The van der Waals surface area contributed by atoms with Crippen LogP contribution in [0.3, 0.4) is 0 Å². The molecule has 0 radical (unpaired) electrons. The molecular formula is C21H19N5O2. The van der Waals surface area contributed by atoms with Crippen LogP contribution in [0, 0.1) is 6.92 Å². The molecule has 7 heteroatoms. The van der Waals surface area contributed by atoms with Crippen LogP contribution in [0.5, 0.6) is 0 Å². The summed E-state index contributed by atoms with van der Waals surface area (Å²) < 4.78 is 7.15. The van der Waals surface area contributed by atoms with Crippen LogP contribution in [0.25, 0.3) is 33.6 Å². The molecule has 0 spiro atoms. The van der Waals surface area contributed by atoms with Crippen molar-refractivity contribution in [2.45, 2.75) is 13.3 Å². The zero-order chi connectivity index (χ0) is 19.3. The van der Waals surface area contributed by atoms with Crippen molar-refractivity contribution in [3.63, 3.8) is 0 Å². The Morgan fingerprint density at radius 1 is 1.14 bits per heavy atom. The number of benzene rings is 1. The van der Waals surface area contributed by atoms with E-state index in [1.54, 1.807) is 22.9 Å². The number of likely N-dealkylation sites (N-methyl/N-ethyl adjacent to an activating group) is 1. The Hall–Kier alpha value is -3.32. The van der Waals surface area contributed by atoms with Gasteiger partial charge in [-0.15, -0.1) is 0 Å². The highest BCUT2D eigenvalue weighted by Crippen LogP contribution is 2.24. The second-order valence-corrected chi connectivity index (χ2v) is 7.14. The van der Waals surface area contributed by atoms with Gasteiger partial charge in [-0.3, -0.25) is 14.2 Å². The zero-order valence-electron chi connectivity index (χ0n) is 15.7. The Morgan fingerprint density at radius 2 is 2.04 bits per heavy atom. The van der Waals surface area contributed by atoms with Crippen LogP contribution in [0.4, 0.5) is 0 Å². The topological polar surface area (TPSA) is 76.5 Å². The van der Waals surface area contributed by atoms with Gasteiger partial charge in [-0.1, -0.05) is 12.1 Å². The molecule has 0 amide bonds. The molecule has 140 valence electrons. The molecule has 0 atom stereocenters. The Balaban J connectivity index is 1.58. The molecule has 0 aliphatic carbocycles. The van der Waals surface area contributed by atoms with E-state index in [-0.39, 0.29) is 5.56 Å². The molecule has 0 N–H and O–H groups in total. The second-order valence-electron chi connectivity index (χ2n) is 7.14. The van der Waals surface area contributed by atoms with Gasteiger partial charge in [-0.05, 0) is 31.2 Å². The van der Waals surface area contributed by atoms with Gasteiger partial charge in [0.15, 0.2) is 17.1 Å². The molecule has 0 bridgehead atoms. The van der Waals surface area contributed by atoms with Gasteiger partial charge in [0, 0.05) is 37.8 Å². The molecule has 0 fully saturated rings. The zero-order valence-corrected chi connectivity index (χ0v) is 15.7. The lowest BCUT2D eigenvalue weighted by Gasteiger charge is -2.21. The van der Waals surface area contributed by atoms with Crippen molar-refractivity contribution >= 4 is 22.3 Å². The maximum absolute atomic E-state index is 12.8. The van der Waals surface area contributed by atoms with E-state index in [0.29, 0.717) is 22.8 Å². The van der Waals surface area contributed by atoms with Crippen molar-refractivity contribution in [3.8, 4) is 11.3 Å². The van der Waals surface area contributed by atoms with Gasteiger partial charge in [0.25, 0.3) is 5.56 Å². The number of oxazole rings is 1. The Kier molecular flexibility index (Phi) is 3.84. The van der Waals surface area contributed by atoms with Crippen molar-refractivity contribution in [1.29, 1.82) is 0 Å². The Morgan fingerprint density at radius 3 is 2.86 bits per heavy atom. The van der Waals surface area contributed by atoms with Crippen LogP contribution in [-0.4, -0.2) is 44.4 Å². The highest BCUT2D eigenvalue weighted by Gasteiger charge is 2.13. The van der Waals surface area contributed by atoms with Crippen LogP contribution in [0.15, 0.2) is 51.9 Å². The monoisotopic (exact) mass is 373 g/mol. The highest BCUT2D eigenvalue weighted by atomic mass is 16.3. The fraction of sp³-hybridized carbons (Fsp3) is 0.238. The third kappa shape index (κ3) is 2.90. The third-order valence-electron chi connectivity index (χ3n) is 5.08. The van der Waals surface area contributed by atoms with E-state index in [1.807, 2.05) is 25.1 Å². The number of hydrogen-bond donors (Lipinski definition) is 0. The molecule has 0 saturated carbocycles. The predicted octanol–water partition coefficient (Wildman–Crippen LogP) is 2.93. The van der Waals surface area contributed by atoms with Crippen LogP contribution in [0.1, 0.15) is 18.0 Å². The molecule has 4 aromatic rings. The molecule has 4 heterocycles. The molecule has 1 aromatic carbocycles. The van der Waals surface area contributed by atoms with Crippen LogP contribution < -0.4 is 5.56 Å². The minimum absolute atomic E-state index is 0.133. The normalized spacial score (nSPS) is 15.3. The van der Waals surface area contributed by atoms with Gasteiger partial charge < -0.3 is 9.32 Å².